The van der Waals surface area contributed by atoms with Crippen LogP contribution in [-0.4, -0.2) is 8.42 Å². The molecule has 2 rings (SSSR count). The molecule has 0 aromatic heterocycles. The monoisotopic (exact) mass is 274 g/mol. The van der Waals surface area contributed by atoms with Gasteiger partial charge in [-0.05, 0) is 36.6 Å². The van der Waals surface area contributed by atoms with Crippen LogP contribution in [0, 0.1) is 0 Å². The molecular formula is C16H18O2S. The molecular weight excluding hydrogens is 256 g/mol. The molecule has 0 aliphatic heterocycles. The molecule has 0 saturated carbocycles. The number of benzene rings is 2. The third-order valence-electron chi connectivity index (χ3n) is 3.12. The summed E-state index contributed by atoms with van der Waals surface area (Å²) >= 11 is 0. The quantitative estimate of drug-likeness (QED) is 0.829. The molecule has 2 aromatic rings. The van der Waals surface area contributed by atoms with Gasteiger partial charge in [-0.3, -0.25) is 0 Å². The largest absolute Gasteiger partial charge is 0.219 e. The van der Waals surface area contributed by atoms with Crippen LogP contribution < -0.4 is 0 Å². The zero-order chi connectivity index (χ0) is 13.7. The fourth-order valence-electron chi connectivity index (χ4n) is 2.07. The van der Waals surface area contributed by atoms with Crippen molar-refractivity contribution in [3.63, 3.8) is 0 Å². The summed E-state index contributed by atoms with van der Waals surface area (Å²) in [6.45, 7) is 2.11. The van der Waals surface area contributed by atoms with Crippen LogP contribution in [0.25, 0.3) is 0 Å². The molecule has 0 aliphatic rings. The predicted molar refractivity (Wildman–Crippen MR) is 76.9 cm³/mol. The molecule has 2 aromatic carbocycles. The van der Waals surface area contributed by atoms with Crippen molar-refractivity contribution in [1.29, 1.82) is 0 Å². The van der Waals surface area contributed by atoms with Gasteiger partial charge in [0.1, 0.15) is 0 Å². The molecule has 0 unspecified atom stereocenters. The highest BCUT2D eigenvalue weighted by molar-refractivity contribution is 7.91. The Kier molecular flexibility index (Phi) is 4.38. The van der Waals surface area contributed by atoms with Crippen LogP contribution in [-0.2, 0) is 16.3 Å². The van der Waals surface area contributed by atoms with Crippen LogP contribution in [0.2, 0.25) is 0 Å². The zero-order valence-electron chi connectivity index (χ0n) is 11.0. The van der Waals surface area contributed by atoms with Gasteiger partial charge in [0.2, 0.25) is 9.84 Å². The molecule has 19 heavy (non-hydrogen) atoms. The molecule has 0 atom stereocenters. The Hall–Kier alpha value is -1.61. The molecule has 0 bridgehead atoms. The van der Waals surface area contributed by atoms with Crippen molar-refractivity contribution in [1.82, 2.24) is 0 Å². The fourth-order valence-corrected chi connectivity index (χ4v) is 3.61. The van der Waals surface area contributed by atoms with Crippen LogP contribution in [0.3, 0.4) is 0 Å². The maximum atomic E-state index is 12.6. The Balaban J connectivity index is 2.47. The van der Waals surface area contributed by atoms with Crippen LogP contribution in [0.1, 0.15) is 25.3 Å². The lowest BCUT2D eigenvalue weighted by atomic mass is 10.1. The molecule has 0 fully saturated rings. The van der Waals surface area contributed by atoms with Gasteiger partial charge in [-0.2, -0.15) is 0 Å². The van der Waals surface area contributed by atoms with Gasteiger partial charge in [0, 0.05) is 0 Å². The van der Waals surface area contributed by atoms with Gasteiger partial charge in [-0.1, -0.05) is 49.7 Å². The van der Waals surface area contributed by atoms with E-state index in [0.29, 0.717) is 9.79 Å². The van der Waals surface area contributed by atoms with E-state index in [1.807, 2.05) is 18.2 Å². The molecule has 0 aliphatic carbocycles. The standard InChI is InChI=1S/C16H18O2S/c1-2-3-9-14-10-7-8-13-16(14)19(17,18)15-11-5-4-6-12-15/h4-8,10-13H,2-3,9H2,1H3. The van der Waals surface area contributed by atoms with Crippen molar-refractivity contribution in [2.24, 2.45) is 0 Å². The maximum Gasteiger partial charge on any atom is 0.206 e. The minimum Gasteiger partial charge on any atom is -0.219 e. The third-order valence-corrected chi connectivity index (χ3v) is 4.99. The van der Waals surface area contributed by atoms with Gasteiger partial charge in [0.25, 0.3) is 0 Å². The van der Waals surface area contributed by atoms with Crippen LogP contribution in [0.15, 0.2) is 64.4 Å². The summed E-state index contributed by atoms with van der Waals surface area (Å²) in [6.07, 6.45) is 2.86. The molecule has 0 heterocycles. The summed E-state index contributed by atoms with van der Waals surface area (Å²) in [6, 6.07) is 15.9. The Morgan fingerprint density at radius 3 is 2.21 bits per heavy atom. The highest BCUT2D eigenvalue weighted by Crippen LogP contribution is 2.24. The van der Waals surface area contributed by atoms with E-state index in [-0.39, 0.29) is 0 Å². The molecule has 0 radical (unpaired) electrons. The van der Waals surface area contributed by atoms with Gasteiger partial charge in [-0.15, -0.1) is 0 Å². The first-order valence-corrected chi connectivity index (χ1v) is 8.02. The van der Waals surface area contributed by atoms with E-state index in [9.17, 15) is 8.42 Å². The molecule has 2 nitrogen and oxygen atoms in total. The van der Waals surface area contributed by atoms with E-state index in [4.69, 9.17) is 0 Å². The van der Waals surface area contributed by atoms with Gasteiger partial charge >= 0.3 is 0 Å². The van der Waals surface area contributed by atoms with Crippen LogP contribution in [0.5, 0.6) is 0 Å². The lowest BCUT2D eigenvalue weighted by Gasteiger charge is -2.10. The first-order valence-electron chi connectivity index (χ1n) is 6.54. The smallest absolute Gasteiger partial charge is 0.206 e. The van der Waals surface area contributed by atoms with Crippen molar-refractivity contribution in [2.45, 2.75) is 36.0 Å². The van der Waals surface area contributed by atoms with E-state index in [1.165, 1.54) is 0 Å². The fraction of sp³-hybridized carbons (Fsp3) is 0.250. The van der Waals surface area contributed by atoms with Crippen LogP contribution >= 0.6 is 0 Å². The van der Waals surface area contributed by atoms with Gasteiger partial charge < -0.3 is 0 Å². The average Bonchev–Trinajstić information content (AvgIpc) is 2.46. The summed E-state index contributed by atoms with van der Waals surface area (Å²) < 4.78 is 25.2. The number of sulfone groups is 1. The first kappa shape index (κ1) is 13.8. The SMILES string of the molecule is CCCCc1ccccc1S(=O)(=O)c1ccccc1. The Bertz CT molecular complexity index is 631. The van der Waals surface area contributed by atoms with Crippen molar-refractivity contribution >= 4 is 9.84 Å². The van der Waals surface area contributed by atoms with E-state index >= 15 is 0 Å². The second kappa shape index (κ2) is 6.02. The summed E-state index contributed by atoms with van der Waals surface area (Å²) in [5.74, 6) is 0. The van der Waals surface area contributed by atoms with Gasteiger partial charge in [-0.25, -0.2) is 8.42 Å². The number of hydrogen-bond acceptors (Lipinski definition) is 2. The lowest BCUT2D eigenvalue weighted by Crippen LogP contribution is -2.05. The maximum absolute atomic E-state index is 12.6. The van der Waals surface area contributed by atoms with Gasteiger partial charge in [0.15, 0.2) is 0 Å². The number of unbranched alkanes of at least 4 members (excludes halogenated alkanes) is 1. The second-order valence-corrected chi connectivity index (χ2v) is 6.45. The Morgan fingerprint density at radius 1 is 0.895 bits per heavy atom. The topological polar surface area (TPSA) is 34.1 Å². The predicted octanol–water partition coefficient (Wildman–Crippen LogP) is 3.86. The normalized spacial score (nSPS) is 11.4. The van der Waals surface area contributed by atoms with Crippen LogP contribution in [0.4, 0.5) is 0 Å². The minimum absolute atomic E-state index is 0.360. The average molecular weight is 274 g/mol. The summed E-state index contributed by atoms with van der Waals surface area (Å²) in [7, 11) is -3.40. The first-order chi connectivity index (χ1) is 9.16. The molecule has 100 valence electrons. The molecule has 3 heteroatoms. The van der Waals surface area contributed by atoms with Gasteiger partial charge in [0.05, 0.1) is 9.79 Å². The molecule has 0 spiro atoms. The Labute approximate surface area is 115 Å². The van der Waals surface area contributed by atoms with Crippen molar-refractivity contribution < 1.29 is 8.42 Å². The summed E-state index contributed by atoms with van der Waals surface area (Å²) in [5.41, 5.74) is 0.910. The van der Waals surface area contributed by atoms with Crippen molar-refractivity contribution in [2.75, 3.05) is 0 Å². The highest BCUT2D eigenvalue weighted by Gasteiger charge is 2.19. The number of hydrogen-bond donors (Lipinski definition) is 0. The highest BCUT2D eigenvalue weighted by atomic mass is 32.2. The summed E-state index contributed by atoms with van der Waals surface area (Å²) in [5, 5.41) is 0. The third kappa shape index (κ3) is 3.04. The number of aryl methyl sites for hydroxylation is 1. The van der Waals surface area contributed by atoms with E-state index in [1.54, 1.807) is 36.4 Å². The van der Waals surface area contributed by atoms with E-state index in [2.05, 4.69) is 6.92 Å². The molecule has 0 N–H and O–H groups in total. The minimum atomic E-state index is -3.40. The van der Waals surface area contributed by atoms with Crippen molar-refractivity contribution in [3.05, 3.63) is 60.2 Å². The second-order valence-electron chi connectivity index (χ2n) is 4.53. The molecule has 0 saturated heterocycles. The lowest BCUT2D eigenvalue weighted by molar-refractivity contribution is 0.594. The summed E-state index contributed by atoms with van der Waals surface area (Å²) in [4.78, 5) is 0.800. The Morgan fingerprint density at radius 2 is 1.53 bits per heavy atom. The number of rotatable bonds is 5. The van der Waals surface area contributed by atoms with E-state index in [0.717, 1.165) is 24.8 Å². The van der Waals surface area contributed by atoms with E-state index < -0.39 is 9.84 Å². The van der Waals surface area contributed by atoms with Crippen molar-refractivity contribution in [3.8, 4) is 0 Å². The molecule has 0 amide bonds. The zero-order valence-corrected chi connectivity index (χ0v) is 11.9.